The summed E-state index contributed by atoms with van der Waals surface area (Å²) in [5, 5.41) is -0.639. The predicted octanol–water partition coefficient (Wildman–Crippen LogP) is 2.45. The number of rotatable bonds is 7. The van der Waals surface area contributed by atoms with Crippen LogP contribution in [0.5, 0.6) is 0 Å². The molecule has 18 heavy (non-hydrogen) atoms. The monoisotopic (exact) mass is 268 g/mol. The molecule has 0 aliphatic heterocycles. The van der Waals surface area contributed by atoms with E-state index in [1.807, 2.05) is 0 Å². The Morgan fingerprint density at radius 3 is 1.11 bits per heavy atom. The Labute approximate surface area is 111 Å². The van der Waals surface area contributed by atoms with E-state index in [2.05, 4.69) is 6.58 Å². The highest BCUT2D eigenvalue weighted by Gasteiger charge is 2.54. The first-order chi connectivity index (χ1) is 8.12. The average Bonchev–Trinajstić information content (AvgIpc) is 2.29. The number of hydrogen-bond acceptors (Lipinski definition) is 3. The smallest absolute Gasteiger partial charge is 0.301 e. The maximum absolute atomic E-state index is 12.4. The highest BCUT2D eigenvalue weighted by Crippen LogP contribution is 2.22. The molecule has 4 heteroatoms. The normalized spacial score (nSPS) is 12.1. The van der Waals surface area contributed by atoms with Gasteiger partial charge in [0.2, 0.25) is 0 Å². The van der Waals surface area contributed by atoms with E-state index in [0.717, 1.165) is 0 Å². The third-order valence-electron chi connectivity index (χ3n) is 3.05. The number of carbonyl (C=O) groups excluding carboxylic acids is 3. The van der Waals surface area contributed by atoms with Crippen LogP contribution in [0.2, 0.25) is 0 Å². The fraction of sp³-hybridized carbons (Fsp3) is 0.643. The molecule has 0 aliphatic carbocycles. The van der Waals surface area contributed by atoms with E-state index in [0.29, 0.717) is 0 Å². The minimum atomic E-state index is -3.42. The van der Waals surface area contributed by atoms with Gasteiger partial charge in [-0.1, -0.05) is 47.2 Å². The Hall–Kier alpha value is -1.03. The van der Waals surface area contributed by atoms with Crippen molar-refractivity contribution < 1.29 is 14.4 Å². The standard InChI is InChI=1S/C14H24O3Si/c1-8-18(12(15)9(2)3,13(16)10(4)5)14(17)11(6)7/h8-11H,1H2,2-7H3. The van der Waals surface area contributed by atoms with E-state index in [-0.39, 0.29) is 34.0 Å². The minimum absolute atomic E-state index is 0.213. The van der Waals surface area contributed by atoms with Crippen molar-refractivity contribution in [1.29, 1.82) is 0 Å². The molecule has 0 atom stereocenters. The van der Waals surface area contributed by atoms with Gasteiger partial charge in [-0.25, -0.2) is 0 Å². The molecule has 0 heterocycles. The summed E-state index contributed by atoms with van der Waals surface area (Å²) in [6, 6.07) is 0. The van der Waals surface area contributed by atoms with Gasteiger partial charge in [0.05, 0.1) is 0 Å². The average molecular weight is 268 g/mol. The summed E-state index contributed by atoms with van der Waals surface area (Å²) in [5.41, 5.74) is 1.38. The topological polar surface area (TPSA) is 51.2 Å². The van der Waals surface area contributed by atoms with Gasteiger partial charge in [0.25, 0.3) is 0 Å². The summed E-state index contributed by atoms with van der Waals surface area (Å²) in [6.07, 6.45) is 0. The van der Waals surface area contributed by atoms with E-state index in [1.165, 1.54) is 5.70 Å². The van der Waals surface area contributed by atoms with Crippen LogP contribution in [-0.2, 0) is 14.4 Å². The zero-order valence-corrected chi connectivity index (χ0v) is 13.2. The second-order valence-corrected chi connectivity index (χ2v) is 9.07. The molecule has 0 aliphatic rings. The first-order valence-electron chi connectivity index (χ1n) is 6.39. The second-order valence-electron chi connectivity index (χ2n) is 5.57. The fourth-order valence-electron chi connectivity index (χ4n) is 2.03. The molecule has 0 aromatic heterocycles. The molecular weight excluding hydrogens is 244 g/mol. The minimum Gasteiger partial charge on any atom is -0.303 e. The van der Waals surface area contributed by atoms with Crippen LogP contribution in [-0.4, -0.2) is 24.3 Å². The Kier molecular flexibility index (Phi) is 5.87. The van der Waals surface area contributed by atoms with Gasteiger partial charge in [0.1, 0.15) is 16.2 Å². The number of carbonyl (C=O) groups is 3. The first-order valence-corrected chi connectivity index (χ1v) is 8.47. The maximum Gasteiger partial charge on any atom is 0.301 e. The van der Waals surface area contributed by atoms with Crippen LogP contribution in [0.4, 0.5) is 0 Å². The van der Waals surface area contributed by atoms with E-state index in [1.54, 1.807) is 41.5 Å². The molecule has 0 N–H and O–H groups in total. The van der Waals surface area contributed by atoms with E-state index < -0.39 is 8.07 Å². The Bertz CT molecular complexity index is 317. The molecule has 0 unspecified atom stereocenters. The summed E-state index contributed by atoms with van der Waals surface area (Å²) in [5.74, 6) is -0.958. The second kappa shape index (κ2) is 6.23. The van der Waals surface area contributed by atoms with Gasteiger partial charge in [0.15, 0.2) is 0 Å². The molecule has 0 bridgehead atoms. The molecule has 0 aromatic rings. The Morgan fingerprint density at radius 2 is 1.00 bits per heavy atom. The molecule has 0 aromatic carbocycles. The third kappa shape index (κ3) is 2.86. The molecule has 0 fully saturated rings. The van der Waals surface area contributed by atoms with Crippen molar-refractivity contribution in [3.63, 3.8) is 0 Å². The molecule has 0 saturated carbocycles. The van der Waals surface area contributed by atoms with E-state index in [9.17, 15) is 14.4 Å². The zero-order chi connectivity index (χ0) is 14.7. The van der Waals surface area contributed by atoms with Gasteiger partial charge in [-0.05, 0) is 0 Å². The maximum atomic E-state index is 12.4. The molecule has 0 spiro atoms. The molecule has 0 saturated heterocycles. The van der Waals surface area contributed by atoms with Crippen molar-refractivity contribution in [3.8, 4) is 0 Å². The fourth-order valence-corrected chi connectivity index (χ4v) is 6.10. The van der Waals surface area contributed by atoms with E-state index >= 15 is 0 Å². The van der Waals surface area contributed by atoms with Crippen LogP contribution in [0.25, 0.3) is 0 Å². The zero-order valence-electron chi connectivity index (χ0n) is 12.2. The van der Waals surface area contributed by atoms with Crippen LogP contribution in [0.1, 0.15) is 41.5 Å². The van der Waals surface area contributed by atoms with Gasteiger partial charge in [-0.15, -0.1) is 6.58 Å². The van der Waals surface area contributed by atoms with E-state index in [4.69, 9.17) is 0 Å². The first kappa shape index (κ1) is 17.0. The van der Waals surface area contributed by atoms with Crippen molar-refractivity contribution >= 4 is 24.3 Å². The van der Waals surface area contributed by atoms with Crippen LogP contribution >= 0.6 is 0 Å². The van der Waals surface area contributed by atoms with Crippen LogP contribution in [0, 0.1) is 17.8 Å². The molecule has 0 radical (unpaired) electrons. The van der Waals surface area contributed by atoms with Crippen molar-refractivity contribution in [2.24, 2.45) is 17.8 Å². The predicted molar refractivity (Wildman–Crippen MR) is 75.5 cm³/mol. The molecule has 102 valence electrons. The van der Waals surface area contributed by atoms with Gasteiger partial charge in [-0.2, -0.15) is 0 Å². The summed E-state index contributed by atoms with van der Waals surface area (Å²) in [4.78, 5) is 37.3. The van der Waals surface area contributed by atoms with Gasteiger partial charge in [-0.3, -0.25) is 0 Å². The molecule has 0 amide bonds. The summed E-state index contributed by atoms with van der Waals surface area (Å²) in [6.45, 7) is 14.0. The molecular formula is C14H24O3Si. The summed E-state index contributed by atoms with van der Waals surface area (Å²) < 4.78 is 0. The third-order valence-corrected chi connectivity index (χ3v) is 7.72. The lowest BCUT2D eigenvalue weighted by Gasteiger charge is -2.28. The van der Waals surface area contributed by atoms with Gasteiger partial charge in [0, 0.05) is 17.8 Å². The number of hydrogen-bond donors (Lipinski definition) is 0. The Morgan fingerprint density at radius 1 is 0.778 bits per heavy atom. The van der Waals surface area contributed by atoms with Crippen LogP contribution in [0.15, 0.2) is 12.3 Å². The lowest BCUT2D eigenvalue weighted by Crippen LogP contribution is -2.62. The van der Waals surface area contributed by atoms with Crippen LogP contribution in [0.3, 0.4) is 0 Å². The van der Waals surface area contributed by atoms with Gasteiger partial charge < -0.3 is 14.4 Å². The highest BCUT2D eigenvalue weighted by atomic mass is 28.3. The van der Waals surface area contributed by atoms with Crippen molar-refractivity contribution in [3.05, 3.63) is 12.3 Å². The quantitative estimate of drug-likeness (QED) is 0.666. The lowest BCUT2D eigenvalue weighted by molar-refractivity contribution is -0.122. The summed E-state index contributed by atoms with van der Waals surface area (Å²) in [7, 11) is -3.42. The largest absolute Gasteiger partial charge is 0.303 e. The van der Waals surface area contributed by atoms with Crippen molar-refractivity contribution in [2.45, 2.75) is 41.5 Å². The highest BCUT2D eigenvalue weighted by molar-refractivity contribution is 7.43. The van der Waals surface area contributed by atoms with Crippen molar-refractivity contribution in [2.75, 3.05) is 0 Å². The lowest BCUT2D eigenvalue weighted by atomic mass is 10.2. The molecule has 0 rings (SSSR count). The molecule has 3 nitrogen and oxygen atoms in total. The summed E-state index contributed by atoms with van der Waals surface area (Å²) >= 11 is 0. The Balaban J connectivity index is 5.94. The SMILES string of the molecule is C=C[Si](C(=O)C(C)C)(C(=O)C(C)C)C(=O)C(C)C. The van der Waals surface area contributed by atoms with Gasteiger partial charge >= 0.3 is 8.07 Å². The van der Waals surface area contributed by atoms with Crippen LogP contribution < -0.4 is 0 Å². The van der Waals surface area contributed by atoms with Crippen molar-refractivity contribution in [1.82, 2.24) is 0 Å².